The van der Waals surface area contributed by atoms with Crippen LogP contribution in [0.3, 0.4) is 0 Å². The van der Waals surface area contributed by atoms with Gasteiger partial charge in [-0.25, -0.2) is 0 Å². The van der Waals surface area contributed by atoms with Crippen LogP contribution in [0.1, 0.15) is 11.5 Å². The lowest BCUT2D eigenvalue weighted by atomic mass is 10.3. The van der Waals surface area contributed by atoms with Crippen molar-refractivity contribution in [2.75, 3.05) is 13.6 Å². The Labute approximate surface area is 168 Å². The number of guanidine groups is 1. The normalized spacial score (nSPS) is 10.9. The highest BCUT2D eigenvalue weighted by Crippen LogP contribution is 2.12. The van der Waals surface area contributed by atoms with Crippen LogP contribution in [-0.4, -0.2) is 39.7 Å². The first-order chi connectivity index (χ1) is 12.3. The Morgan fingerprint density at radius 3 is 2.58 bits per heavy atom. The fraction of sp³-hybridized carbons (Fsp3) is 0.235. The van der Waals surface area contributed by atoms with Crippen molar-refractivity contribution < 1.29 is 4.52 Å². The Bertz CT molecular complexity index is 808. The average Bonchev–Trinajstić information content (AvgIpc) is 3.15. The van der Waals surface area contributed by atoms with Gasteiger partial charge in [0.05, 0.1) is 12.2 Å². The zero-order chi connectivity index (χ0) is 17.3. The van der Waals surface area contributed by atoms with Gasteiger partial charge in [0, 0.05) is 32.4 Å². The average molecular weight is 465 g/mol. The molecule has 0 bridgehead atoms. The molecule has 2 N–H and O–H groups in total. The third-order valence-corrected chi connectivity index (χ3v) is 3.38. The zero-order valence-corrected chi connectivity index (χ0v) is 16.6. The van der Waals surface area contributed by atoms with E-state index in [0.717, 1.165) is 5.69 Å². The Hall–Kier alpha value is -2.56. The van der Waals surface area contributed by atoms with Crippen molar-refractivity contribution in [2.24, 2.45) is 4.99 Å². The van der Waals surface area contributed by atoms with Gasteiger partial charge in [0.25, 0.3) is 5.89 Å². The summed E-state index contributed by atoms with van der Waals surface area (Å²) in [6.45, 7) is 1.23. The second kappa shape index (κ2) is 10.4. The zero-order valence-electron chi connectivity index (χ0n) is 14.3. The predicted octanol–water partition coefficient (Wildman–Crippen LogP) is 2.05. The quantitative estimate of drug-likeness (QED) is 0.327. The third kappa shape index (κ3) is 5.76. The summed E-state index contributed by atoms with van der Waals surface area (Å²) in [6.07, 6.45) is 4.07. The van der Waals surface area contributed by atoms with Crippen LogP contribution in [0.5, 0.6) is 0 Å². The van der Waals surface area contributed by atoms with E-state index >= 15 is 0 Å². The van der Waals surface area contributed by atoms with Crippen LogP contribution in [-0.2, 0) is 13.0 Å². The number of rotatable bonds is 6. The van der Waals surface area contributed by atoms with Crippen molar-refractivity contribution in [2.45, 2.75) is 13.0 Å². The van der Waals surface area contributed by atoms with Crippen LogP contribution in [0.4, 0.5) is 0 Å². The van der Waals surface area contributed by atoms with Crippen LogP contribution in [0, 0.1) is 0 Å². The van der Waals surface area contributed by atoms with E-state index in [-0.39, 0.29) is 24.0 Å². The molecule has 0 aliphatic rings. The molecule has 0 aliphatic carbocycles. The fourth-order valence-corrected chi connectivity index (χ4v) is 2.14. The molecule has 3 heterocycles. The largest absolute Gasteiger partial charge is 0.356 e. The van der Waals surface area contributed by atoms with Gasteiger partial charge in [-0.3, -0.25) is 15.0 Å². The fourth-order valence-electron chi connectivity index (χ4n) is 2.14. The standard InChI is InChI=1S/C17H19N7O.HI/c1-18-17(22-12-13-6-2-4-9-19-13)21-11-8-15-23-16(25-24-15)14-7-3-5-10-20-14;/h2-7,9-10H,8,11-12H2,1H3,(H2,18,21,22);1H. The number of pyridine rings is 2. The van der Waals surface area contributed by atoms with E-state index in [0.29, 0.717) is 42.9 Å². The molecular weight excluding hydrogens is 445 g/mol. The summed E-state index contributed by atoms with van der Waals surface area (Å²) in [5.74, 6) is 1.74. The molecule has 26 heavy (non-hydrogen) atoms. The Kier molecular flexibility index (Phi) is 7.93. The van der Waals surface area contributed by atoms with Gasteiger partial charge < -0.3 is 15.2 Å². The molecule has 0 aromatic carbocycles. The van der Waals surface area contributed by atoms with Crippen molar-refractivity contribution in [1.29, 1.82) is 0 Å². The van der Waals surface area contributed by atoms with Crippen LogP contribution in [0.15, 0.2) is 58.3 Å². The molecule has 0 atom stereocenters. The highest BCUT2D eigenvalue weighted by atomic mass is 127. The number of aliphatic imine (C=N–C) groups is 1. The molecule has 0 unspecified atom stereocenters. The molecule has 0 saturated carbocycles. The van der Waals surface area contributed by atoms with E-state index in [9.17, 15) is 0 Å². The first-order valence-corrected chi connectivity index (χ1v) is 7.93. The highest BCUT2D eigenvalue weighted by molar-refractivity contribution is 14.0. The summed E-state index contributed by atoms with van der Waals surface area (Å²) in [5.41, 5.74) is 1.62. The molecule has 0 radical (unpaired) electrons. The van der Waals surface area contributed by atoms with Crippen molar-refractivity contribution in [1.82, 2.24) is 30.7 Å². The van der Waals surface area contributed by atoms with Gasteiger partial charge in [0.2, 0.25) is 0 Å². The predicted molar refractivity (Wildman–Crippen MR) is 109 cm³/mol. The van der Waals surface area contributed by atoms with Crippen molar-refractivity contribution in [3.63, 3.8) is 0 Å². The van der Waals surface area contributed by atoms with E-state index < -0.39 is 0 Å². The van der Waals surface area contributed by atoms with E-state index in [1.54, 1.807) is 19.4 Å². The van der Waals surface area contributed by atoms with Gasteiger partial charge in [0.1, 0.15) is 5.69 Å². The summed E-state index contributed by atoms with van der Waals surface area (Å²) in [7, 11) is 1.72. The number of nitrogens with one attached hydrogen (secondary N) is 2. The molecule has 136 valence electrons. The van der Waals surface area contributed by atoms with E-state index in [1.165, 1.54) is 0 Å². The van der Waals surface area contributed by atoms with E-state index in [2.05, 4.69) is 35.7 Å². The molecule has 3 rings (SSSR count). The molecular formula is C17H20IN7O. The Balaban J connectivity index is 0.00000243. The molecule has 3 aromatic rings. The molecule has 0 amide bonds. The maximum absolute atomic E-state index is 5.23. The maximum atomic E-state index is 5.23. The number of halogens is 1. The van der Waals surface area contributed by atoms with Gasteiger partial charge >= 0.3 is 0 Å². The summed E-state index contributed by atoms with van der Waals surface area (Å²) in [5, 5.41) is 10.4. The maximum Gasteiger partial charge on any atom is 0.276 e. The summed E-state index contributed by atoms with van der Waals surface area (Å²) < 4.78 is 5.23. The van der Waals surface area contributed by atoms with Gasteiger partial charge in [-0.2, -0.15) is 4.98 Å². The van der Waals surface area contributed by atoms with Crippen molar-refractivity contribution in [3.8, 4) is 11.6 Å². The second-order valence-electron chi connectivity index (χ2n) is 5.15. The first kappa shape index (κ1) is 19.8. The van der Waals surface area contributed by atoms with E-state index in [1.807, 2.05) is 36.4 Å². The number of aromatic nitrogens is 4. The topological polar surface area (TPSA) is 101 Å². The molecule has 0 spiro atoms. The minimum Gasteiger partial charge on any atom is -0.356 e. The highest BCUT2D eigenvalue weighted by Gasteiger charge is 2.09. The van der Waals surface area contributed by atoms with Crippen LogP contribution in [0.25, 0.3) is 11.6 Å². The number of hydrogen-bond acceptors (Lipinski definition) is 6. The molecule has 0 aliphatic heterocycles. The van der Waals surface area contributed by atoms with Crippen LogP contribution < -0.4 is 10.6 Å². The summed E-state index contributed by atoms with van der Waals surface area (Å²) in [4.78, 5) is 17.0. The first-order valence-electron chi connectivity index (χ1n) is 7.93. The van der Waals surface area contributed by atoms with Crippen LogP contribution >= 0.6 is 24.0 Å². The number of hydrogen-bond donors (Lipinski definition) is 2. The van der Waals surface area contributed by atoms with Gasteiger partial charge in [-0.05, 0) is 24.3 Å². The Morgan fingerprint density at radius 2 is 1.88 bits per heavy atom. The smallest absolute Gasteiger partial charge is 0.276 e. The molecule has 9 heteroatoms. The van der Waals surface area contributed by atoms with E-state index in [4.69, 9.17) is 4.52 Å². The SMILES string of the molecule is CN=C(NCCc1noc(-c2ccccn2)n1)NCc1ccccn1.I. The van der Waals surface area contributed by atoms with Gasteiger partial charge in [-0.1, -0.05) is 17.3 Å². The monoisotopic (exact) mass is 465 g/mol. The molecule has 0 saturated heterocycles. The summed E-state index contributed by atoms with van der Waals surface area (Å²) in [6, 6.07) is 11.4. The second-order valence-corrected chi connectivity index (χ2v) is 5.15. The lowest BCUT2D eigenvalue weighted by Crippen LogP contribution is -2.38. The van der Waals surface area contributed by atoms with Gasteiger partial charge in [0.15, 0.2) is 11.8 Å². The summed E-state index contributed by atoms with van der Waals surface area (Å²) >= 11 is 0. The lowest BCUT2D eigenvalue weighted by molar-refractivity contribution is 0.421. The third-order valence-electron chi connectivity index (χ3n) is 3.38. The molecule has 3 aromatic heterocycles. The van der Waals surface area contributed by atoms with Crippen LogP contribution in [0.2, 0.25) is 0 Å². The lowest BCUT2D eigenvalue weighted by Gasteiger charge is -2.10. The van der Waals surface area contributed by atoms with Gasteiger partial charge in [-0.15, -0.1) is 24.0 Å². The molecule has 0 fully saturated rings. The van der Waals surface area contributed by atoms with Crippen molar-refractivity contribution >= 4 is 29.9 Å². The molecule has 8 nitrogen and oxygen atoms in total. The minimum absolute atomic E-state index is 0. The number of nitrogens with zero attached hydrogens (tertiary/aromatic N) is 5. The minimum atomic E-state index is 0. The Morgan fingerprint density at radius 1 is 1.08 bits per heavy atom. The van der Waals surface area contributed by atoms with Crippen molar-refractivity contribution in [3.05, 3.63) is 60.3 Å².